The van der Waals surface area contributed by atoms with Crippen LogP contribution < -0.4 is 4.74 Å². The molecule has 31 heavy (non-hydrogen) atoms. The Morgan fingerprint density at radius 2 is 1.87 bits per heavy atom. The lowest BCUT2D eigenvalue weighted by Gasteiger charge is -2.19. The summed E-state index contributed by atoms with van der Waals surface area (Å²) >= 11 is 0. The molecule has 0 aromatic heterocycles. The predicted octanol–water partition coefficient (Wildman–Crippen LogP) is 3.62. The zero-order chi connectivity index (χ0) is 22.6. The van der Waals surface area contributed by atoms with E-state index in [1.54, 1.807) is 18.2 Å². The normalized spacial score (nSPS) is 23.6. The molecule has 6 nitrogen and oxygen atoms in total. The van der Waals surface area contributed by atoms with E-state index in [0.29, 0.717) is 31.4 Å². The topological polar surface area (TPSA) is 93.1 Å². The van der Waals surface area contributed by atoms with E-state index in [4.69, 9.17) is 9.47 Å². The average Bonchev–Trinajstić information content (AvgIpc) is 3.00. The summed E-state index contributed by atoms with van der Waals surface area (Å²) in [5.41, 5.74) is 0. The van der Waals surface area contributed by atoms with E-state index in [9.17, 15) is 19.8 Å². The van der Waals surface area contributed by atoms with Crippen molar-refractivity contribution in [2.45, 2.75) is 64.3 Å². The maximum atomic E-state index is 12.1. The van der Waals surface area contributed by atoms with Crippen molar-refractivity contribution in [1.82, 2.24) is 0 Å². The number of ketones is 1. The Kier molecular flexibility index (Phi) is 10.5. The number of aliphatic hydroxyl groups is 2. The first-order chi connectivity index (χ1) is 14.9. The molecule has 0 aliphatic heterocycles. The van der Waals surface area contributed by atoms with Crippen LogP contribution in [-0.4, -0.2) is 46.9 Å². The summed E-state index contributed by atoms with van der Waals surface area (Å²) in [6, 6.07) is 9.10. The second kappa shape index (κ2) is 13.1. The number of hydrogen-bond donors (Lipinski definition) is 2. The molecule has 0 unspecified atom stereocenters. The predicted molar refractivity (Wildman–Crippen MR) is 119 cm³/mol. The lowest BCUT2D eigenvalue weighted by atomic mass is 9.89. The summed E-state index contributed by atoms with van der Waals surface area (Å²) in [6.07, 6.45) is 8.41. The first-order valence-corrected chi connectivity index (χ1v) is 11.0. The van der Waals surface area contributed by atoms with Crippen molar-refractivity contribution in [2.75, 3.05) is 6.61 Å². The number of carbonyl (C=O) groups excluding carboxylic acids is 2. The number of carbonyl (C=O) groups is 2. The summed E-state index contributed by atoms with van der Waals surface area (Å²) in [5, 5.41) is 20.6. The van der Waals surface area contributed by atoms with Crippen LogP contribution in [0.15, 0.2) is 54.6 Å². The van der Waals surface area contributed by atoms with Gasteiger partial charge in [-0.1, -0.05) is 36.4 Å². The van der Waals surface area contributed by atoms with Crippen LogP contribution in [0.1, 0.15) is 46.0 Å². The fourth-order valence-electron chi connectivity index (χ4n) is 3.70. The highest BCUT2D eigenvalue weighted by Crippen LogP contribution is 2.36. The molecule has 0 amide bonds. The largest absolute Gasteiger partial charge is 0.485 e. The number of rotatable bonds is 12. The van der Waals surface area contributed by atoms with E-state index in [1.807, 2.05) is 44.2 Å². The van der Waals surface area contributed by atoms with Gasteiger partial charge in [0.05, 0.1) is 18.3 Å². The van der Waals surface area contributed by atoms with Crippen LogP contribution in [0.25, 0.3) is 0 Å². The third-order valence-electron chi connectivity index (χ3n) is 5.24. The van der Waals surface area contributed by atoms with Gasteiger partial charge in [0, 0.05) is 18.8 Å². The van der Waals surface area contributed by atoms with Crippen molar-refractivity contribution in [2.24, 2.45) is 11.8 Å². The number of allylic oxidation sites excluding steroid dienone is 2. The minimum Gasteiger partial charge on any atom is -0.485 e. The summed E-state index contributed by atoms with van der Waals surface area (Å²) in [5.74, 6) is -0.206. The van der Waals surface area contributed by atoms with Gasteiger partial charge >= 0.3 is 5.97 Å². The monoisotopic (exact) mass is 430 g/mol. The number of ether oxygens (including phenoxy) is 2. The van der Waals surface area contributed by atoms with Crippen LogP contribution in [0, 0.1) is 11.8 Å². The number of para-hydroxylation sites is 1. The first-order valence-electron chi connectivity index (χ1n) is 11.0. The van der Waals surface area contributed by atoms with Gasteiger partial charge in [-0.3, -0.25) is 9.59 Å². The molecule has 1 fully saturated rings. The Morgan fingerprint density at radius 3 is 2.58 bits per heavy atom. The molecule has 0 heterocycles. The van der Waals surface area contributed by atoms with E-state index in [0.717, 1.165) is 6.42 Å². The number of benzene rings is 1. The third kappa shape index (κ3) is 9.07. The molecule has 2 N–H and O–H groups in total. The Labute approximate surface area is 184 Å². The molecular weight excluding hydrogens is 396 g/mol. The summed E-state index contributed by atoms with van der Waals surface area (Å²) in [7, 11) is 0. The molecular formula is C25H34O6. The molecule has 6 heteroatoms. The first kappa shape index (κ1) is 24.8. The summed E-state index contributed by atoms with van der Waals surface area (Å²) in [6.45, 7) is 3.58. The van der Waals surface area contributed by atoms with Gasteiger partial charge in [0.25, 0.3) is 0 Å². The van der Waals surface area contributed by atoms with Crippen molar-refractivity contribution in [1.29, 1.82) is 0 Å². The average molecular weight is 431 g/mol. The van der Waals surface area contributed by atoms with Gasteiger partial charge in [-0.25, -0.2) is 0 Å². The molecule has 0 radical (unpaired) electrons. The van der Waals surface area contributed by atoms with Crippen LogP contribution >= 0.6 is 0 Å². The van der Waals surface area contributed by atoms with E-state index in [-0.39, 0.29) is 36.3 Å². The maximum Gasteiger partial charge on any atom is 0.306 e. The second-order valence-corrected chi connectivity index (χ2v) is 8.18. The minimum atomic E-state index is -0.682. The van der Waals surface area contributed by atoms with Crippen molar-refractivity contribution in [3.05, 3.63) is 54.6 Å². The molecule has 1 aromatic carbocycles. The highest BCUT2D eigenvalue weighted by molar-refractivity contribution is 5.91. The Bertz CT molecular complexity index is 740. The molecule has 4 atom stereocenters. The minimum absolute atomic E-state index is 0.0737. The van der Waals surface area contributed by atoms with Gasteiger partial charge in [0.1, 0.15) is 5.75 Å². The number of hydrogen-bond acceptors (Lipinski definition) is 6. The SMILES string of the molecule is CC(C)OC(=O)CCCC=CC[C@@H]1[C@@H](C=CC(=O)COc2ccccc2)[C@H](O)C[C@@H]1O. The van der Waals surface area contributed by atoms with Gasteiger partial charge in [-0.15, -0.1) is 0 Å². The number of aliphatic hydroxyl groups excluding tert-OH is 2. The smallest absolute Gasteiger partial charge is 0.306 e. The highest BCUT2D eigenvalue weighted by Gasteiger charge is 2.39. The van der Waals surface area contributed by atoms with Crippen molar-refractivity contribution >= 4 is 11.8 Å². The molecule has 1 aliphatic carbocycles. The van der Waals surface area contributed by atoms with Gasteiger partial charge in [-0.2, -0.15) is 0 Å². The Morgan fingerprint density at radius 1 is 1.13 bits per heavy atom. The quantitative estimate of drug-likeness (QED) is 0.228. The van der Waals surface area contributed by atoms with Crippen LogP contribution in [-0.2, 0) is 14.3 Å². The molecule has 2 rings (SSSR count). The van der Waals surface area contributed by atoms with Gasteiger partial charge < -0.3 is 19.7 Å². The second-order valence-electron chi connectivity index (χ2n) is 8.18. The zero-order valence-electron chi connectivity index (χ0n) is 18.4. The molecule has 1 saturated carbocycles. The molecule has 0 spiro atoms. The van der Waals surface area contributed by atoms with Gasteiger partial charge in [-0.05, 0) is 57.2 Å². The summed E-state index contributed by atoms with van der Waals surface area (Å²) < 4.78 is 10.5. The Balaban J connectivity index is 1.77. The van der Waals surface area contributed by atoms with Crippen LogP contribution in [0.4, 0.5) is 0 Å². The van der Waals surface area contributed by atoms with Gasteiger partial charge in [0.15, 0.2) is 12.4 Å². The van der Waals surface area contributed by atoms with Crippen molar-refractivity contribution < 1.29 is 29.3 Å². The molecule has 0 saturated heterocycles. The maximum absolute atomic E-state index is 12.1. The number of unbranched alkanes of at least 4 members (excludes halogenated alkanes) is 1. The van der Waals surface area contributed by atoms with Gasteiger partial charge in [0.2, 0.25) is 0 Å². The Hall–Kier alpha value is -2.44. The van der Waals surface area contributed by atoms with Crippen LogP contribution in [0.5, 0.6) is 5.75 Å². The van der Waals surface area contributed by atoms with Crippen LogP contribution in [0.2, 0.25) is 0 Å². The fourth-order valence-corrected chi connectivity index (χ4v) is 3.70. The lowest BCUT2D eigenvalue weighted by Crippen LogP contribution is -2.20. The van der Waals surface area contributed by atoms with E-state index in [2.05, 4.69) is 0 Å². The third-order valence-corrected chi connectivity index (χ3v) is 5.24. The molecule has 170 valence electrons. The molecule has 0 bridgehead atoms. The fraction of sp³-hybridized carbons (Fsp3) is 0.520. The van der Waals surface area contributed by atoms with Crippen molar-refractivity contribution in [3.63, 3.8) is 0 Å². The van der Waals surface area contributed by atoms with Crippen molar-refractivity contribution in [3.8, 4) is 5.75 Å². The highest BCUT2D eigenvalue weighted by atomic mass is 16.5. The van der Waals surface area contributed by atoms with E-state index >= 15 is 0 Å². The van der Waals surface area contributed by atoms with Crippen LogP contribution in [0.3, 0.4) is 0 Å². The lowest BCUT2D eigenvalue weighted by molar-refractivity contribution is -0.147. The van der Waals surface area contributed by atoms with E-state index in [1.165, 1.54) is 6.08 Å². The summed E-state index contributed by atoms with van der Waals surface area (Å²) in [4.78, 5) is 23.6. The van der Waals surface area contributed by atoms with E-state index < -0.39 is 12.2 Å². The standard InChI is InChI=1S/C25H34O6/c1-18(2)31-25(29)13-9-4-3-8-12-21-22(24(28)16-23(21)27)15-14-19(26)17-30-20-10-6-5-7-11-20/h3,5-8,10-11,14-15,18,21-24,27-28H,4,9,12-13,16-17H2,1-2H3/t21-,22-,23+,24-/m1/s1. The number of esters is 1. The molecule has 1 aliphatic rings. The molecule has 1 aromatic rings. The zero-order valence-corrected chi connectivity index (χ0v) is 18.4.